The molecule has 2 aromatic heterocycles. The Labute approximate surface area is 176 Å². The van der Waals surface area contributed by atoms with Crippen LogP contribution in [0, 0.1) is 6.92 Å². The minimum atomic E-state index is -0.308. The number of aryl methyl sites for hydroxylation is 1. The van der Waals surface area contributed by atoms with Gasteiger partial charge in [0.1, 0.15) is 18.1 Å². The first-order valence-electron chi connectivity index (χ1n) is 9.19. The van der Waals surface area contributed by atoms with Gasteiger partial charge in [-0.3, -0.25) is 14.0 Å². The fourth-order valence-electron chi connectivity index (χ4n) is 2.99. The lowest BCUT2D eigenvalue weighted by molar-refractivity contribution is 0.102. The fraction of sp³-hybridized carbons (Fsp3) is 0.136. The Kier molecular flexibility index (Phi) is 5.49. The van der Waals surface area contributed by atoms with Crippen LogP contribution in [0.25, 0.3) is 4.96 Å². The van der Waals surface area contributed by atoms with E-state index in [0.717, 1.165) is 5.56 Å². The van der Waals surface area contributed by atoms with Crippen LogP contribution in [0.4, 0.5) is 5.69 Å². The smallest absolute Gasteiger partial charge is 0.259 e. The Balaban J connectivity index is 1.57. The number of carbonyl (C=O) groups is 1. The lowest BCUT2D eigenvalue weighted by Gasteiger charge is -2.14. The van der Waals surface area contributed by atoms with Crippen molar-refractivity contribution < 1.29 is 14.3 Å². The van der Waals surface area contributed by atoms with Crippen molar-refractivity contribution in [2.45, 2.75) is 13.5 Å². The van der Waals surface area contributed by atoms with Crippen molar-refractivity contribution in [3.05, 3.63) is 87.3 Å². The normalized spacial score (nSPS) is 10.7. The number of aromatic nitrogens is 2. The number of thiazole rings is 1. The highest BCUT2D eigenvalue weighted by molar-refractivity contribution is 7.15. The molecule has 152 valence electrons. The van der Waals surface area contributed by atoms with E-state index < -0.39 is 0 Å². The molecule has 30 heavy (non-hydrogen) atoms. The first-order valence-corrected chi connectivity index (χ1v) is 10.1. The zero-order chi connectivity index (χ0) is 21.1. The Morgan fingerprint density at radius 1 is 1.17 bits per heavy atom. The summed E-state index contributed by atoms with van der Waals surface area (Å²) in [6.07, 6.45) is 1.69. The molecule has 0 aliphatic rings. The summed E-state index contributed by atoms with van der Waals surface area (Å²) in [6, 6.07) is 13.9. The monoisotopic (exact) mass is 421 g/mol. The number of ether oxygens (including phenoxy) is 2. The SMILES string of the molecule is COc1ccccc1C(=O)Nc1ccc(C)cc1OCc1cc(=O)n2ccsc2n1. The van der Waals surface area contributed by atoms with Gasteiger partial charge in [0.15, 0.2) is 4.96 Å². The summed E-state index contributed by atoms with van der Waals surface area (Å²) in [6.45, 7) is 2.03. The van der Waals surface area contributed by atoms with Crippen LogP contribution in [-0.4, -0.2) is 22.4 Å². The quantitative estimate of drug-likeness (QED) is 0.511. The van der Waals surface area contributed by atoms with Gasteiger partial charge in [-0.2, -0.15) is 0 Å². The second-order valence-electron chi connectivity index (χ2n) is 6.58. The highest BCUT2D eigenvalue weighted by Crippen LogP contribution is 2.28. The summed E-state index contributed by atoms with van der Waals surface area (Å²) in [5.41, 5.74) is 2.27. The molecule has 0 aliphatic carbocycles. The van der Waals surface area contributed by atoms with Gasteiger partial charge in [-0.05, 0) is 36.8 Å². The summed E-state index contributed by atoms with van der Waals surface area (Å²) >= 11 is 1.38. The van der Waals surface area contributed by atoms with Crippen molar-refractivity contribution in [2.24, 2.45) is 0 Å². The van der Waals surface area contributed by atoms with Crippen LogP contribution >= 0.6 is 11.3 Å². The van der Waals surface area contributed by atoms with E-state index in [-0.39, 0.29) is 18.1 Å². The maximum absolute atomic E-state index is 12.8. The number of methoxy groups -OCH3 is 1. The summed E-state index contributed by atoms with van der Waals surface area (Å²) in [5, 5.41) is 4.68. The molecule has 0 saturated carbocycles. The molecule has 0 atom stereocenters. The Morgan fingerprint density at radius 3 is 2.83 bits per heavy atom. The van der Waals surface area contributed by atoms with Crippen LogP contribution in [0.1, 0.15) is 21.6 Å². The Morgan fingerprint density at radius 2 is 2.00 bits per heavy atom. The van der Waals surface area contributed by atoms with Gasteiger partial charge in [-0.15, -0.1) is 11.3 Å². The molecular formula is C22H19N3O4S. The highest BCUT2D eigenvalue weighted by Gasteiger charge is 2.15. The van der Waals surface area contributed by atoms with E-state index in [1.54, 1.807) is 41.9 Å². The molecule has 1 N–H and O–H groups in total. The molecule has 0 saturated heterocycles. The van der Waals surface area contributed by atoms with E-state index in [1.807, 2.05) is 19.1 Å². The van der Waals surface area contributed by atoms with Crippen LogP contribution in [0.3, 0.4) is 0 Å². The van der Waals surface area contributed by atoms with Crippen molar-refractivity contribution in [3.8, 4) is 11.5 Å². The molecule has 4 rings (SSSR count). The van der Waals surface area contributed by atoms with Crippen molar-refractivity contribution >= 4 is 27.9 Å². The predicted octanol–water partition coefficient (Wildman–Crippen LogP) is 3.90. The van der Waals surface area contributed by atoms with Gasteiger partial charge in [-0.1, -0.05) is 18.2 Å². The van der Waals surface area contributed by atoms with Gasteiger partial charge in [-0.25, -0.2) is 4.98 Å². The minimum Gasteiger partial charge on any atom is -0.496 e. The van der Waals surface area contributed by atoms with Crippen LogP contribution in [0.2, 0.25) is 0 Å². The third kappa shape index (κ3) is 4.04. The molecule has 2 heterocycles. The third-order valence-electron chi connectivity index (χ3n) is 4.47. The number of fused-ring (bicyclic) bond motifs is 1. The van der Waals surface area contributed by atoms with Gasteiger partial charge in [0.05, 0.1) is 24.1 Å². The molecule has 8 heteroatoms. The number of nitrogens with one attached hydrogen (secondary N) is 1. The maximum atomic E-state index is 12.8. The first-order chi connectivity index (χ1) is 14.5. The highest BCUT2D eigenvalue weighted by atomic mass is 32.1. The molecule has 4 aromatic rings. The molecule has 0 radical (unpaired) electrons. The average Bonchev–Trinajstić information content (AvgIpc) is 3.23. The van der Waals surface area contributed by atoms with E-state index in [1.165, 1.54) is 28.9 Å². The topological polar surface area (TPSA) is 81.9 Å². The number of hydrogen-bond acceptors (Lipinski definition) is 6. The number of nitrogens with zero attached hydrogens (tertiary/aromatic N) is 2. The third-order valence-corrected chi connectivity index (χ3v) is 5.23. The van der Waals surface area contributed by atoms with Crippen molar-refractivity contribution in [1.82, 2.24) is 9.38 Å². The zero-order valence-corrected chi connectivity index (χ0v) is 17.2. The summed E-state index contributed by atoms with van der Waals surface area (Å²) in [4.78, 5) is 30.0. The number of carbonyl (C=O) groups excluding carboxylic acids is 1. The molecular weight excluding hydrogens is 402 g/mol. The van der Waals surface area contributed by atoms with Crippen LogP contribution in [0.5, 0.6) is 11.5 Å². The standard InChI is InChI=1S/C22H19N3O4S/c1-14-7-8-17(24-21(27)16-5-3-4-6-18(16)28-2)19(11-14)29-13-15-12-20(26)25-9-10-30-22(25)23-15/h3-12H,13H2,1-2H3,(H,24,27). The lowest BCUT2D eigenvalue weighted by Crippen LogP contribution is -2.15. The lowest BCUT2D eigenvalue weighted by atomic mass is 10.1. The van der Waals surface area contributed by atoms with E-state index in [4.69, 9.17) is 9.47 Å². The minimum absolute atomic E-state index is 0.102. The van der Waals surface area contributed by atoms with E-state index >= 15 is 0 Å². The maximum Gasteiger partial charge on any atom is 0.259 e. The van der Waals surface area contributed by atoms with Crippen molar-refractivity contribution in [2.75, 3.05) is 12.4 Å². The number of hydrogen-bond donors (Lipinski definition) is 1. The summed E-state index contributed by atoms with van der Waals surface area (Å²) in [7, 11) is 1.52. The summed E-state index contributed by atoms with van der Waals surface area (Å²) in [5.74, 6) is 0.669. The van der Waals surface area contributed by atoms with Crippen LogP contribution in [-0.2, 0) is 6.61 Å². The molecule has 7 nitrogen and oxygen atoms in total. The van der Waals surface area contributed by atoms with Gasteiger partial charge in [0.25, 0.3) is 11.5 Å². The largest absolute Gasteiger partial charge is 0.496 e. The van der Waals surface area contributed by atoms with Gasteiger partial charge in [0.2, 0.25) is 0 Å². The number of benzene rings is 2. The number of para-hydroxylation sites is 1. The number of amides is 1. The number of anilines is 1. The Bertz CT molecular complexity index is 1280. The van der Waals surface area contributed by atoms with Crippen LogP contribution in [0.15, 0.2) is 64.9 Å². The molecule has 0 bridgehead atoms. The van der Waals surface area contributed by atoms with Gasteiger partial charge < -0.3 is 14.8 Å². The van der Waals surface area contributed by atoms with E-state index in [0.29, 0.717) is 33.4 Å². The van der Waals surface area contributed by atoms with Gasteiger partial charge in [0, 0.05) is 17.6 Å². The number of rotatable bonds is 6. The summed E-state index contributed by atoms with van der Waals surface area (Å²) < 4.78 is 12.7. The predicted molar refractivity (Wildman–Crippen MR) is 116 cm³/mol. The first kappa shape index (κ1) is 19.7. The molecule has 0 fully saturated rings. The molecule has 1 amide bonds. The van der Waals surface area contributed by atoms with Crippen molar-refractivity contribution in [1.29, 1.82) is 0 Å². The fourth-order valence-corrected chi connectivity index (χ4v) is 3.73. The van der Waals surface area contributed by atoms with Gasteiger partial charge >= 0.3 is 0 Å². The second kappa shape index (κ2) is 8.38. The molecule has 0 spiro atoms. The molecule has 0 aliphatic heterocycles. The van der Waals surface area contributed by atoms with Crippen molar-refractivity contribution in [3.63, 3.8) is 0 Å². The van der Waals surface area contributed by atoms with E-state index in [9.17, 15) is 9.59 Å². The van der Waals surface area contributed by atoms with Crippen LogP contribution < -0.4 is 20.3 Å². The second-order valence-corrected chi connectivity index (χ2v) is 7.46. The van der Waals surface area contributed by atoms with E-state index in [2.05, 4.69) is 10.3 Å². The molecule has 2 aromatic carbocycles. The molecule has 0 unspecified atom stereocenters. The Hall–Kier alpha value is -3.65. The average molecular weight is 421 g/mol. The zero-order valence-electron chi connectivity index (χ0n) is 16.4.